The van der Waals surface area contributed by atoms with Gasteiger partial charge in [-0.15, -0.1) is 0 Å². The molecule has 0 spiro atoms. The van der Waals surface area contributed by atoms with Crippen LogP contribution in [0.4, 0.5) is 5.69 Å². The number of nitrogens with one attached hydrogen (secondary N) is 1. The molecule has 1 aromatic rings. The fraction of sp³-hybridized carbons (Fsp3) is 0.500. The standard InChI is InChI=1S/C12H18N2O4/c1-16-6-7-17-8-9-18-10-12(15)14-11-2-4-13-5-3-11/h2-5H,6-10H2,1H3,(H,13,14,15). The summed E-state index contributed by atoms with van der Waals surface area (Å²) >= 11 is 0. The molecular weight excluding hydrogens is 236 g/mol. The van der Waals surface area contributed by atoms with Crippen LogP contribution in [0.2, 0.25) is 0 Å². The first-order valence-electron chi connectivity index (χ1n) is 5.67. The average Bonchev–Trinajstić information content (AvgIpc) is 2.39. The maximum Gasteiger partial charge on any atom is 0.250 e. The van der Waals surface area contributed by atoms with Crippen LogP contribution in [0.25, 0.3) is 0 Å². The number of rotatable bonds is 9. The zero-order chi connectivity index (χ0) is 13.1. The number of amides is 1. The van der Waals surface area contributed by atoms with Gasteiger partial charge in [-0.1, -0.05) is 0 Å². The Kier molecular flexibility index (Phi) is 7.70. The summed E-state index contributed by atoms with van der Waals surface area (Å²) in [5, 5.41) is 2.69. The van der Waals surface area contributed by atoms with E-state index >= 15 is 0 Å². The largest absolute Gasteiger partial charge is 0.382 e. The van der Waals surface area contributed by atoms with Crippen molar-refractivity contribution in [2.45, 2.75) is 0 Å². The fourth-order valence-corrected chi connectivity index (χ4v) is 1.16. The first kappa shape index (κ1) is 14.6. The Labute approximate surface area is 106 Å². The van der Waals surface area contributed by atoms with Crippen LogP contribution in [0.15, 0.2) is 24.5 Å². The van der Waals surface area contributed by atoms with Gasteiger partial charge in [0.15, 0.2) is 0 Å². The van der Waals surface area contributed by atoms with Gasteiger partial charge in [0.25, 0.3) is 0 Å². The van der Waals surface area contributed by atoms with E-state index in [4.69, 9.17) is 14.2 Å². The zero-order valence-corrected chi connectivity index (χ0v) is 10.4. The second-order valence-corrected chi connectivity index (χ2v) is 3.44. The average molecular weight is 254 g/mol. The van der Waals surface area contributed by atoms with Crippen LogP contribution in [-0.4, -0.2) is 51.0 Å². The topological polar surface area (TPSA) is 69.7 Å². The fourth-order valence-electron chi connectivity index (χ4n) is 1.16. The minimum absolute atomic E-state index is 0.00988. The van der Waals surface area contributed by atoms with E-state index in [0.717, 1.165) is 0 Å². The molecule has 0 radical (unpaired) electrons. The van der Waals surface area contributed by atoms with Crippen molar-refractivity contribution in [2.24, 2.45) is 0 Å². The molecule has 1 amide bonds. The molecule has 18 heavy (non-hydrogen) atoms. The van der Waals surface area contributed by atoms with Crippen molar-refractivity contribution < 1.29 is 19.0 Å². The summed E-state index contributed by atoms with van der Waals surface area (Å²) in [7, 11) is 1.61. The van der Waals surface area contributed by atoms with Gasteiger partial charge < -0.3 is 19.5 Å². The van der Waals surface area contributed by atoms with Crippen molar-refractivity contribution in [3.63, 3.8) is 0 Å². The highest BCUT2D eigenvalue weighted by Gasteiger charge is 2.01. The third-order valence-corrected chi connectivity index (χ3v) is 2.00. The van der Waals surface area contributed by atoms with Gasteiger partial charge in [0.2, 0.25) is 5.91 Å². The highest BCUT2D eigenvalue weighted by molar-refractivity contribution is 5.91. The normalized spacial score (nSPS) is 10.3. The third kappa shape index (κ3) is 6.95. The summed E-state index contributed by atoms with van der Waals surface area (Å²) in [6.45, 7) is 1.93. The van der Waals surface area contributed by atoms with Crippen molar-refractivity contribution in [2.75, 3.05) is 45.5 Å². The molecule has 0 aliphatic heterocycles. The Bertz CT molecular complexity index is 332. The third-order valence-electron chi connectivity index (χ3n) is 2.00. The molecule has 1 heterocycles. The van der Waals surface area contributed by atoms with Crippen LogP contribution in [0.1, 0.15) is 0 Å². The second kappa shape index (κ2) is 9.52. The first-order chi connectivity index (χ1) is 8.83. The quantitative estimate of drug-likeness (QED) is 0.657. The number of pyridine rings is 1. The lowest BCUT2D eigenvalue weighted by atomic mass is 10.4. The summed E-state index contributed by atoms with van der Waals surface area (Å²) < 4.78 is 15.2. The molecule has 0 aliphatic carbocycles. The van der Waals surface area contributed by atoms with E-state index in [1.165, 1.54) is 0 Å². The van der Waals surface area contributed by atoms with Crippen molar-refractivity contribution in [1.29, 1.82) is 0 Å². The Morgan fingerprint density at radius 1 is 1.17 bits per heavy atom. The Balaban J connectivity index is 2.00. The van der Waals surface area contributed by atoms with E-state index in [9.17, 15) is 4.79 Å². The monoisotopic (exact) mass is 254 g/mol. The van der Waals surface area contributed by atoms with E-state index in [2.05, 4.69) is 10.3 Å². The molecule has 0 fully saturated rings. The molecule has 1 rings (SSSR count). The van der Waals surface area contributed by atoms with Crippen LogP contribution < -0.4 is 5.32 Å². The van der Waals surface area contributed by atoms with Gasteiger partial charge in [-0.2, -0.15) is 0 Å². The van der Waals surface area contributed by atoms with Crippen LogP contribution in [0.3, 0.4) is 0 Å². The maximum absolute atomic E-state index is 11.4. The van der Waals surface area contributed by atoms with Gasteiger partial charge in [-0.25, -0.2) is 0 Å². The second-order valence-electron chi connectivity index (χ2n) is 3.44. The summed E-state index contributed by atoms with van der Waals surface area (Å²) in [4.78, 5) is 15.3. The first-order valence-corrected chi connectivity index (χ1v) is 5.67. The lowest BCUT2D eigenvalue weighted by Gasteiger charge is -2.06. The minimum Gasteiger partial charge on any atom is -0.382 e. The van der Waals surface area contributed by atoms with Gasteiger partial charge in [-0.05, 0) is 12.1 Å². The molecule has 0 saturated heterocycles. The molecule has 0 unspecified atom stereocenters. The van der Waals surface area contributed by atoms with Gasteiger partial charge in [0.1, 0.15) is 6.61 Å². The van der Waals surface area contributed by atoms with E-state index in [1.54, 1.807) is 31.6 Å². The number of hydrogen-bond acceptors (Lipinski definition) is 5. The predicted molar refractivity (Wildman–Crippen MR) is 66.4 cm³/mol. The summed E-state index contributed by atoms with van der Waals surface area (Å²) in [5.41, 5.74) is 0.704. The van der Waals surface area contributed by atoms with Crippen LogP contribution >= 0.6 is 0 Å². The molecule has 6 heteroatoms. The summed E-state index contributed by atoms with van der Waals surface area (Å²) in [5.74, 6) is -0.196. The van der Waals surface area contributed by atoms with Gasteiger partial charge in [0.05, 0.1) is 26.4 Å². The number of carbonyl (C=O) groups excluding carboxylic acids is 1. The molecule has 100 valence electrons. The highest BCUT2D eigenvalue weighted by Crippen LogP contribution is 2.02. The van der Waals surface area contributed by atoms with Crippen molar-refractivity contribution >= 4 is 11.6 Å². The van der Waals surface area contributed by atoms with Gasteiger partial charge in [-0.3, -0.25) is 9.78 Å². The number of ether oxygens (including phenoxy) is 3. The van der Waals surface area contributed by atoms with Crippen LogP contribution in [0.5, 0.6) is 0 Å². The van der Waals surface area contributed by atoms with Gasteiger partial charge >= 0.3 is 0 Å². The lowest BCUT2D eigenvalue weighted by molar-refractivity contribution is -0.121. The molecule has 0 saturated carbocycles. The molecule has 0 aliphatic rings. The maximum atomic E-state index is 11.4. The zero-order valence-electron chi connectivity index (χ0n) is 10.4. The Morgan fingerprint density at radius 2 is 1.83 bits per heavy atom. The molecule has 1 aromatic heterocycles. The van der Waals surface area contributed by atoms with E-state index < -0.39 is 0 Å². The Hall–Kier alpha value is -1.50. The molecule has 0 bridgehead atoms. The lowest BCUT2D eigenvalue weighted by Crippen LogP contribution is -2.20. The summed E-state index contributed by atoms with van der Waals surface area (Å²) in [6, 6.07) is 3.43. The van der Waals surface area contributed by atoms with Crippen LogP contribution in [0, 0.1) is 0 Å². The smallest absolute Gasteiger partial charge is 0.250 e. The van der Waals surface area contributed by atoms with Crippen molar-refractivity contribution in [3.05, 3.63) is 24.5 Å². The molecule has 6 nitrogen and oxygen atoms in total. The van der Waals surface area contributed by atoms with E-state index in [0.29, 0.717) is 32.1 Å². The van der Waals surface area contributed by atoms with E-state index in [-0.39, 0.29) is 12.5 Å². The molecule has 0 atom stereocenters. The highest BCUT2D eigenvalue weighted by atomic mass is 16.5. The van der Waals surface area contributed by atoms with Gasteiger partial charge in [0, 0.05) is 25.2 Å². The number of carbonyl (C=O) groups is 1. The van der Waals surface area contributed by atoms with Crippen molar-refractivity contribution in [3.8, 4) is 0 Å². The number of nitrogens with zero attached hydrogens (tertiary/aromatic N) is 1. The molecule has 1 N–H and O–H groups in total. The SMILES string of the molecule is COCCOCCOCC(=O)Nc1ccncc1. The summed E-state index contributed by atoms with van der Waals surface area (Å²) in [6.07, 6.45) is 3.22. The predicted octanol–water partition coefficient (Wildman–Crippen LogP) is 0.700. The molecule has 0 aromatic carbocycles. The van der Waals surface area contributed by atoms with Crippen LogP contribution in [-0.2, 0) is 19.0 Å². The minimum atomic E-state index is -0.196. The Morgan fingerprint density at radius 3 is 2.56 bits per heavy atom. The number of anilines is 1. The number of methoxy groups -OCH3 is 1. The number of hydrogen-bond donors (Lipinski definition) is 1. The van der Waals surface area contributed by atoms with E-state index in [1.807, 2.05) is 0 Å². The van der Waals surface area contributed by atoms with Crippen molar-refractivity contribution in [1.82, 2.24) is 4.98 Å². The molecular formula is C12H18N2O4. The number of aromatic nitrogens is 1.